The lowest BCUT2D eigenvalue weighted by Crippen LogP contribution is -2.25. The molecule has 60 heavy (non-hydrogen) atoms. The molecule has 0 spiro atoms. The van der Waals surface area contributed by atoms with E-state index in [-0.39, 0.29) is 0 Å². The minimum absolute atomic E-state index is 0.719. The van der Waals surface area contributed by atoms with Crippen LogP contribution in [0.5, 0.6) is 0 Å². The van der Waals surface area contributed by atoms with Gasteiger partial charge in [0.1, 0.15) is 12.5 Å². The summed E-state index contributed by atoms with van der Waals surface area (Å²) in [6.07, 6.45) is 0. The van der Waals surface area contributed by atoms with Crippen LogP contribution in [0.1, 0.15) is 16.7 Å². The zero-order valence-electron chi connectivity index (χ0n) is 34.1. The van der Waals surface area contributed by atoms with Gasteiger partial charge in [-0.05, 0) is 111 Å². The van der Waals surface area contributed by atoms with Crippen molar-refractivity contribution in [3.8, 4) is 22.8 Å². The van der Waals surface area contributed by atoms with Gasteiger partial charge in [-0.25, -0.2) is 4.98 Å². The Balaban J connectivity index is 1.10. The SMILES string of the molecule is Cc1cc(C)c(N2CN(c3cccc(-n4c5cc(-c6nc7ccccc7n6C)ccc5c5cc6c(cc54)c4ccccc4n6-c4ccccc4)c3)c3ccccc32)c(C)c1. The van der Waals surface area contributed by atoms with Crippen molar-refractivity contribution in [2.45, 2.75) is 20.8 Å². The molecule has 0 amide bonds. The van der Waals surface area contributed by atoms with E-state index in [9.17, 15) is 0 Å². The Morgan fingerprint density at radius 2 is 1.02 bits per heavy atom. The third kappa shape index (κ3) is 5.04. The van der Waals surface area contributed by atoms with Gasteiger partial charge in [-0.15, -0.1) is 0 Å². The Kier molecular flexibility index (Phi) is 7.45. The number of para-hydroxylation sites is 6. The molecule has 8 aromatic carbocycles. The molecule has 0 bridgehead atoms. The van der Waals surface area contributed by atoms with Crippen LogP contribution in [-0.2, 0) is 7.05 Å². The number of imidazole rings is 1. The van der Waals surface area contributed by atoms with Crippen LogP contribution in [0.15, 0.2) is 170 Å². The van der Waals surface area contributed by atoms with Crippen LogP contribution in [-0.4, -0.2) is 25.4 Å². The monoisotopic (exact) mass is 774 g/mol. The minimum atomic E-state index is 0.719. The van der Waals surface area contributed by atoms with Gasteiger partial charge in [-0.1, -0.05) is 96.6 Å². The number of aryl methyl sites for hydroxylation is 4. The molecule has 11 aromatic rings. The fraction of sp³-hybridized carbons (Fsp3) is 0.0926. The average molecular weight is 775 g/mol. The first kappa shape index (κ1) is 34.5. The van der Waals surface area contributed by atoms with E-state index in [0.717, 1.165) is 51.7 Å². The lowest BCUT2D eigenvalue weighted by atomic mass is 10.0. The van der Waals surface area contributed by atoms with Crippen molar-refractivity contribution >= 4 is 77.4 Å². The lowest BCUT2D eigenvalue weighted by molar-refractivity contribution is 0.959. The second kappa shape index (κ2) is 13.0. The number of benzene rings is 8. The predicted molar refractivity (Wildman–Crippen MR) is 251 cm³/mol. The van der Waals surface area contributed by atoms with Gasteiger partial charge in [-0.3, -0.25) is 0 Å². The molecule has 4 heterocycles. The summed E-state index contributed by atoms with van der Waals surface area (Å²) < 4.78 is 7.10. The molecule has 288 valence electrons. The van der Waals surface area contributed by atoms with Crippen molar-refractivity contribution in [3.05, 3.63) is 187 Å². The summed E-state index contributed by atoms with van der Waals surface area (Å²) in [5.41, 5.74) is 18.9. The van der Waals surface area contributed by atoms with E-state index in [2.05, 4.69) is 221 Å². The molecule has 12 rings (SSSR count). The van der Waals surface area contributed by atoms with Crippen LogP contribution in [0.4, 0.5) is 22.7 Å². The Hall–Kier alpha value is -7.57. The van der Waals surface area contributed by atoms with Crippen molar-refractivity contribution < 1.29 is 0 Å². The maximum atomic E-state index is 5.14. The van der Waals surface area contributed by atoms with Gasteiger partial charge < -0.3 is 23.5 Å². The van der Waals surface area contributed by atoms with Crippen molar-refractivity contribution in [3.63, 3.8) is 0 Å². The zero-order chi connectivity index (χ0) is 40.2. The first-order chi connectivity index (χ1) is 29.4. The molecule has 0 N–H and O–H groups in total. The van der Waals surface area contributed by atoms with Gasteiger partial charge in [0.2, 0.25) is 0 Å². The van der Waals surface area contributed by atoms with Gasteiger partial charge >= 0.3 is 0 Å². The lowest BCUT2D eigenvalue weighted by Gasteiger charge is -2.26. The van der Waals surface area contributed by atoms with Crippen LogP contribution < -0.4 is 9.80 Å². The molecule has 0 atom stereocenters. The number of hydrogen-bond acceptors (Lipinski definition) is 3. The maximum Gasteiger partial charge on any atom is 0.140 e. The minimum Gasteiger partial charge on any atom is -0.327 e. The first-order valence-electron chi connectivity index (χ1n) is 20.7. The standard InChI is InChI=1S/C54H42N6/c1-34-27-35(2)53(36(3)28-34)58-33-57(48-23-12-13-24-49(48)58)39-17-14-18-40(30-39)60-50-29-37(54-55-45-20-9-11-22-47(45)56(54)4)25-26-42(50)44-32-51-43(31-52(44)60)41-19-8-10-21-46(41)59(51)38-15-6-5-7-16-38/h5-32H,33H2,1-4H3. The molecule has 6 nitrogen and oxygen atoms in total. The summed E-state index contributed by atoms with van der Waals surface area (Å²) in [6, 6.07) is 62.1. The predicted octanol–water partition coefficient (Wildman–Crippen LogP) is 13.6. The zero-order valence-corrected chi connectivity index (χ0v) is 34.1. The molecule has 0 saturated carbocycles. The fourth-order valence-electron chi connectivity index (χ4n) is 10.2. The Morgan fingerprint density at radius 3 is 1.77 bits per heavy atom. The summed E-state index contributed by atoms with van der Waals surface area (Å²) in [7, 11) is 2.12. The van der Waals surface area contributed by atoms with Gasteiger partial charge in [0.25, 0.3) is 0 Å². The van der Waals surface area contributed by atoms with Crippen molar-refractivity contribution in [1.29, 1.82) is 0 Å². The number of aromatic nitrogens is 4. The Bertz CT molecular complexity index is 3510. The van der Waals surface area contributed by atoms with Gasteiger partial charge in [0.05, 0.1) is 44.5 Å². The molecular weight excluding hydrogens is 733 g/mol. The van der Waals surface area contributed by atoms with Gasteiger partial charge in [0.15, 0.2) is 0 Å². The van der Waals surface area contributed by atoms with Crippen LogP contribution >= 0.6 is 0 Å². The van der Waals surface area contributed by atoms with Crippen molar-refractivity contribution in [2.24, 2.45) is 7.05 Å². The summed E-state index contributed by atoms with van der Waals surface area (Å²) in [5, 5.41) is 4.88. The van der Waals surface area contributed by atoms with Crippen LogP contribution in [0.3, 0.4) is 0 Å². The van der Waals surface area contributed by atoms with E-state index in [4.69, 9.17) is 4.98 Å². The molecule has 3 aromatic heterocycles. The number of fused-ring (bicyclic) bond motifs is 8. The van der Waals surface area contributed by atoms with Gasteiger partial charge in [-0.2, -0.15) is 0 Å². The molecule has 0 aliphatic carbocycles. The van der Waals surface area contributed by atoms with Crippen molar-refractivity contribution in [2.75, 3.05) is 16.5 Å². The third-order valence-corrected chi connectivity index (χ3v) is 12.7. The Labute approximate surface area is 348 Å². The molecule has 6 heteroatoms. The highest BCUT2D eigenvalue weighted by molar-refractivity contribution is 6.19. The number of hydrogen-bond donors (Lipinski definition) is 0. The van der Waals surface area contributed by atoms with E-state index in [0.29, 0.717) is 0 Å². The van der Waals surface area contributed by atoms with E-state index in [1.54, 1.807) is 0 Å². The molecule has 1 aliphatic rings. The molecule has 0 saturated heterocycles. The van der Waals surface area contributed by atoms with Crippen LogP contribution in [0, 0.1) is 20.8 Å². The summed E-state index contributed by atoms with van der Waals surface area (Å²) >= 11 is 0. The maximum absolute atomic E-state index is 5.14. The quantitative estimate of drug-likeness (QED) is 0.175. The number of anilines is 4. The summed E-state index contributed by atoms with van der Waals surface area (Å²) in [6.45, 7) is 7.37. The molecule has 0 radical (unpaired) electrons. The van der Waals surface area contributed by atoms with E-state index in [1.165, 1.54) is 71.8 Å². The topological polar surface area (TPSA) is 34.2 Å². The number of rotatable bonds is 5. The molecular formula is C54H42N6. The highest BCUT2D eigenvalue weighted by Gasteiger charge is 2.30. The van der Waals surface area contributed by atoms with Crippen LogP contribution in [0.25, 0.3) is 77.4 Å². The Morgan fingerprint density at radius 1 is 0.433 bits per heavy atom. The number of nitrogens with zero attached hydrogens (tertiary/aromatic N) is 6. The second-order valence-electron chi connectivity index (χ2n) is 16.4. The molecule has 0 fully saturated rings. The highest BCUT2D eigenvalue weighted by atomic mass is 15.4. The summed E-state index contributed by atoms with van der Waals surface area (Å²) in [4.78, 5) is 10.1. The second-order valence-corrected chi connectivity index (χ2v) is 16.4. The molecule has 1 aliphatic heterocycles. The first-order valence-corrected chi connectivity index (χ1v) is 20.7. The third-order valence-electron chi connectivity index (χ3n) is 12.7. The van der Waals surface area contributed by atoms with E-state index >= 15 is 0 Å². The smallest absolute Gasteiger partial charge is 0.140 e. The summed E-state index contributed by atoms with van der Waals surface area (Å²) in [5.74, 6) is 0.950. The molecule has 0 unspecified atom stereocenters. The highest BCUT2D eigenvalue weighted by Crippen LogP contribution is 2.47. The van der Waals surface area contributed by atoms with E-state index < -0.39 is 0 Å². The average Bonchev–Trinajstić information content (AvgIpc) is 4.00. The van der Waals surface area contributed by atoms with Gasteiger partial charge in [0, 0.05) is 56.9 Å². The van der Waals surface area contributed by atoms with Crippen LogP contribution in [0.2, 0.25) is 0 Å². The fourth-order valence-corrected chi connectivity index (χ4v) is 10.2. The van der Waals surface area contributed by atoms with E-state index in [1.807, 2.05) is 0 Å². The largest absolute Gasteiger partial charge is 0.327 e. The normalized spacial score (nSPS) is 12.9. The van der Waals surface area contributed by atoms with Crippen molar-refractivity contribution in [1.82, 2.24) is 18.7 Å².